The van der Waals surface area contributed by atoms with Gasteiger partial charge in [0.1, 0.15) is 5.02 Å². The minimum atomic E-state index is 0.195. The van der Waals surface area contributed by atoms with Gasteiger partial charge in [-0.3, -0.25) is 0 Å². The number of nitrogens with two attached hydrogens (primary N) is 1. The molecule has 0 amide bonds. The first-order valence-corrected chi connectivity index (χ1v) is 5.15. The molecule has 2 rings (SSSR count). The van der Waals surface area contributed by atoms with E-state index in [-0.39, 0.29) is 5.95 Å². The van der Waals surface area contributed by atoms with Crippen LogP contribution in [0.5, 0.6) is 0 Å². The van der Waals surface area contributed by atoms with E-state index in [2.05, 4.69) is 15.3 Å². The zero-order valence-electron chi connectivity index (χ0n) is 8.74. The lowest BCUT2D eigenvalue weighted by Crippen LogP contribution is -2.01. The second-order valence-corrected chi connectivity index (χ2v) is 3.77. The normalized spacial score (nSPS) is 10.1. The van der Waals surface area contributed by atoms with Crippen LogP contribution in [0.1, 0.15) is 5.56 Å². The maximum absolute atomic E-state index is 5.96. The number of halogens is 1. The van der Waals surface area contributed by atoms with Gasteiger partial charge in [-0.15, -0.1) is 0 Å². The smallest absolute Gasteiger partial charge is 0.222 e. The van der Waals surface area contributed by atoms with Gasteiger partial charge in [0.25, 0.3) is 0 Å². The molecule has 4 nitrogen and oxygen atoms in total. The summed E-state index contributed by atoms with van der Waals surface area (Å²) in [5.74, 6) is 0.712. The molecule has 16 heavy (non-hydrogen) atoms. The van der Waals surface area contributed by atoms with Crippen molar-refractivity contribution < 1.29 is 0 Å². The summed E-state index contributed by atoms with van der Waals surface area (Å²) in [5.41, 5.74) is 7.55. The molecule has 0 atom stereocenters. The lowest BCUT2D eigenvalue weighted by molar-refractivity contribution is 1.18. The van der Waals surface area contributed by atoms with Gasteiger partial charge in [0.2, 0.25) is 5.95 Å². The van der Waals surface area contributed by atoms with Crippen LogP contribution >= 0.6 is 11.6 Å². The first-order valence-electron chi connectivity index (χ1n) is 4.77. The van der Waals surface area contributed by atoms with E-state index in [4.69, 9.17) is 17.3 Å². The van der Waals surface area contributed by atoms with Crippen molar-refractivity contribution in [2.45, 2.75) is 6.92 Å². The van der Waals surface area contributed by atoms with Crippen LogP contribution in [-0.2, 0) is 0 Å². The minimum absolute atomic E-state index is 0.195. The third-order valence-corrected chi connectivity index (χ3v) is 2.44. The summed E-state index contributed by atoms with van der Waals surface area (Å²) < 4.78 is 0. The first-order chi connectivity index (χ1) is 7.66. The molecule has 0 unspecified atom stereocenters. The number of hydrogen-bond acceptors (Lipinski definition) is 4. The third kappa shape index (κ3) is 2.23. The molecule has 0 aliphatic carbocycles. The molecule has 0 aliphatic heterocycles. The van der Waals surface area contributed by atoms with Gasteiger partial charge in [-0.2, -0.15) is 4.98 Å². The molecule has 0 bridgehead atoms. The summed E-state index contributed by atoms with van der Waals surface area (Å²) in [4.78, 5) is 7.83. The lowest BCUT2D eigenvalue weighted by atomic mass is 10.2. The molecule has 3 N–H and O–H groups in total. The highest BCUT2D eigenvalue weighted by atomic mass is 35.5. The number of rotatable bonds is 2. The molecule has 0 aliphatic rings. The van der Waals surface area contributed by atoms with Crippen LogP contribution in [0, 0.1) is 6.92 Å². The standard InChI is InChI=1S/C11H11ClN4/c1-7-4-2-3-5-9(7)15-10-8(12)6-14-11(13)16-10/h2-6H,1H3,(H3,13,14,15,16). The van der Waals surface area contributed by atoms with E-state index < -0.39 is 0 Å². The number of nitrogens with one attached hydrogen (secondary N) is 1. The van der Waals surface area contributed by atoms with Crippen molar-refractivity contribution in [2.75, 3.05) is 11.1 Å². The van der Waals surface area contributed by atoms with Crippen molar-refractivity contribution in [3.63, 3.8) is 0 Å². The van der Waals surface area contributed by atoms with Crippen LogP contribution < -0.4 is 11.1 Å². The van der Waals surface area contributed by atoms with Gasteiger partial charge in [0.05, 0.1) is 6.20 Å². The number of hydrogen-bond donors (Lipinski definition) is 2. The van der Waals surface area contributed by atoms with E-state index in [0.29, 0.717) is 10.8 Å². The Kier molecular flexibility index (Phi) is 2.92. The second-order valence-electron chi connectivity index (χ2n) is 3.36. The number of aryl methyl sites for hydroxylation is 1. The maximum atomic E-state index is 5.96. The number of nitrogen functional groups attached to an aromatic ring is 1. The van der Waals surface area contributed by atoms with Crippen LogP contribution in [0.3, 0.4) is 0 Å². The number of para-hydroxylation sites is 1. The minimum Gasteiger partial charge on any atom is -0.368 e. The molecule has 0 spiro atoms. The quantitative estimate of drug-likeness (QED) is 0.839. The third-order valence-electron chi connectivity index (χ3n) is 2.16. The molecule has 1 aromatic heterocycles. The molecule has 1 heterocycles. The van der Waals surface area contributed by atoms with Crippen LogP contribution in [0.2, 0.25) is 5.02 Å². The molecule has 0 saturated heterocycles. The second kappa shape index (κ2) is 4.37. The van der Waals surface area contributed by atoms with Gasteiger partial charge in [-0.05, 0) is 18.6 Å². The molecular formula is C11H11ClN4. The van der Waals surface area contributed by atoms with Crippen molar-refractivity contribution >= 4 is 29.1 Å². The number of anilines is 3. The Bertz CT molecular complexity index is 513. The van der Waals surface area contributed by atoms with E-state index in [9.17, 15) is 0 Å². The number of nitrogens with zero attached hydrogens (tertiary/aromatic N) is 2. The van der Waals surface area contributed by atoms with E-state index in [0.717, 1.165) is 11.3 Å². The number of benzene rings is 1. The van der Waals surface area contributed by atoms with E-state index in [1.54, 1.807) is 0 Å². The van der Waals surface area contributed by atoms with Gasteiger partial charge in [-0.25, -0.2) is 4.98 Å². The summed E-state index contributed by atoms with van der Waals surface area (Å²) in [5, 5.41) is 3.56. The topological polar surface area (TPSA) is 63.8 Å². The average molecular weight is 235 g/mol. The van der Waals surface area contributed by atoms with Gasteiger partial charge in [-0.1, -0.05) is 29.8 Å². The summed E-state index contributed by atoms with van der Waals surface area (Å²) in [7, 11) is 0. The van der Waals surface area contributed by atoms with Gasteiger partial charge in [0.15, 0.2) is 5.82 Å². The molecule has 5 heteroatoms. The van der Waals surface area contributed by atoms with E-state index in [1.165, 1.54) is 6.20 Å². The van der Waals surface area contributed by atoms with Crippen LogP contribution in [0.25, 0.3) is 0 Å². The summed E-state index contributed by atoms with van der Waals surface area (Å²) in [6.45, 7) is 2.00. The molecule has 0 saturated carbocycles. The zero-order chi connectivity index (χ0) is 11.5. The summed E-state index contributed by atoms with van der Waals surface area (Å²) in [6.07, 6.45) is 1.48. The van der Waals surface area contributed by atoms with Crippen LogP contribution in [-0.4, -0.2) is 9.97 Å². The van der Waals surface area contributed by atoms with E-state index in [1.807, 2.05) is 31.2 Å². The van der Waals surface area contributed by atoms with Crippen molar-refractivity contribution in [3.8, 4) is 0 Å². The Labute approximate surface area is 98.5 Å². The van der Waals surface area contributed by atoms with Crippen LogP contribution in [0.15, 0.2) is 30.5 Å². The molecule has 0 radical (unpaired) electrons. The van der Waals surface area contributed by atoms with Crippen molar-refractivity contribution in [3.05, 3.63) is 41.0 Å². The fourth-order valence-corrected chi connectivity index (χ4v) is 1.45. The largest absolute Gasteiger partial charge is 0.368 e. The molecule has 0 fully saturated rings. The Morgan fingerprint density at radius 1 is 1.31 bits per heavy atom. The molecule has 82 valence electrons. The summed E-state index contributed by atoms with van der Waals surface area (Å²) in [6, 6.07) is 7.86. The predicted molar refractivity (Wildman–Crippen MR) is 65.9 cm³/mol. The maximum Gasteiger partial charge on any atom is 0.222 e. The monoisotopic (exact) mass is 234 g/mol. The predicted octanol–water partition coefficient (Wildman–Crippen LogP) is 2.76. The zero-order valence-corrected chi connectivity index (χ0v) is 9.49. The molecule has 2 aromatic rings. The van der Waals surface area contributed by atoms with Crippen molar-refractivity contribution in [1.29, 1.82) is 0 Å². The Balaban J connectivity index is 2.34. The molecule has 1 aromatic carbocycles. The fraction of sp³-hybridized carbons (Fsp3) is 0.0909. The highest BCUT2D eigenvalue weighted by molar-refractivity contribution is 6.32. The molecular weight excluding hydrogens is 224 g/mol. The Morgan fingerprint density at radius 3 is 2.81 bits per heavy atom. The highest BCUT2D eigenvalue weighted by Gasteiger charge is 2.05. The van der Waals surface area contributed by atoms with Crippen molar-refractivity contribution in [1.82, 2.24) is 9.97 Å². The van der Waals surface area contributed by atoms with E-state index >= 15 is 0 Å². The van der Waals surface area contributed by atoms with Gasteiger partial charge < -0.3 is 11.1 Å². The summed E-state index contributed by atoms with van der Waals surface area (Å²) >= 11 is 5.96. The van der Waals surface area contributed by atoms with Gasteiger partial charge in [0, 0.05) is 5.69 Å². The average Bonchev–Trinajstić information content (AvgIpc) is 2.27. The number of aromatic nitrogens is 2. The first kappa shape index (κ1) is 10.7. The fourth-order valence-electron chi connectivity index (χ4n) is 1.31. The Hall–Kier alpha value is -1.81. The SMILES string of the molecule is Cc1ccccc1Nc1nc(N)ncc1Cl. The highest BCUT2D eigenvalue weighted by Crippen LogP contribution is 2.24. The van der Waals surface area contributed by atoms with Crippen LogP contribution in [0.4, 0.5) is 17.5 Å². The lowest BCUT2D eigenvalue weighted by Gasteiger charge is -2.09. The Morgan fingerprint density at radius 2 is 2.06 bits per heavy atom. The van der Waals surface area contributed by atoms with Gasteiger partial charge >= 0.3 is 0 Å². The van der Waals surface area contributed by atoms with Crippen molar-refractivity contribution in [2.24, 2.45) is 0 Å².